The van der Waals surface area contributed by atoms with Gasteiger partial charge in [0.15, 0.2) is 5.96 Å². The van der Waals surface area contributed by atoms with Gasteiger partial charge in [-0.2, -0.15) is 13.2 Å². The Morgan fingerprint density at radius 2 is 2.12 bits per heavy atom. The Kier molecular flexibility index (Phi) is 8.93. The molecule has 0 spiro atoms. The van der Waals surface area contributed by atoms with Crippen molar-refractivity contribution in [3.05, 3.63) is 16.1 Å². The average Bonchev–Trinajstić information content (AvgIpc) is 3.00. The molecule has 1 saturated carbocycles. The number of nitrogens with zero attached hydrogens (tertiary/aromatic N) is 2. The van der Waals surface area contributed by atoms with Gasteiger partial charge in [-0.15, -0.1) is 35.3 Å². The van der Waals surface area contributed by atoms with Crippen LogP contribution in [0.2, 0.25) is 0 Å². The first-order chi connectivity index (χ1) is 11.3. The summed E-state index contributed by atoms with van der Waals surface area (Å²) in [6, 6.07) is -0.196. The van der Waals surface area contributed by atoms with Crippen LogP contribution in [0, 0.1) is 5.92 Å². The van der Waals surface area contributed by atoms with Crippen LogP contribution >= 0.6 is 35.3 Å². The molecule has 2 atom stereocenters. The molecule has 1 fully saturated rings. The molecule has 0 amide bonds. The normalized spacial score (nSPS) is 21.8. The Hall–Kier alpha value is -0.580. The number of thiazole rings is 1. The Morgan fingerprint density at radius 1 is 1.40 bits per heavy atom. The van der Waals surface area contributed by atoms with Crippen LogP contribution < -0.4 is 10.6 Å². The zero-order valence-electron chi connectivity index (χ0n) is 14.7. The highest BCUT2D eigenvalue weighted by molar-refractivity contribution is 14.0. The van der Waals surface area contributed by atoms with Crippen molar-refractivity contribution < 1.29 is 13.2 Å². The van der Waals surface area contributed by atoms with Gasteiger partial charge in [0.25, 0.3) is 0 Å². The fourth-order valence-electron chi connectivity index (χ4n) is 2.85. The molecule has 0 saturated heterocycles. The minimum atomic E-state index is -4.11. The summed E-state index contributed by atoms with van der Waals surface area (Å²) in [6.45, 7) is 4.70. The van der Waals surface area contributed by atoms with E-state index in [1.165, 1.54) is 0 Å². The van der Waals surface area contributed by atoms with E-state index in [4.69, 9.17) is 0 Å². The van der Waals surface area contributed by atoms with Crippen LogP contribution in [-0.2, 0) is 6.54 Å². The lowest BCUT2D eigenvalue weighted by molar-refractivity contribution is -0.183. The van der Waals surface area contributed by atoms with Crippen molar-refractivity contribution in [2.45, 2.75) is 64.2 Å². The molecule has 9 heteroatoms. The fraction of sp³-hybridized carbons (Fsp3) is 0.750. The second-order valence-corrected chi connectivity index (χ2v) is 7.39. The van der Waals surface area contributed by atoms with Crippen molar-refractivity contribution in [1.29, 1.82) is 0 Å². The Morgan fingerprint density at radius 3 is 2.68 bits per heavy atom. The smallest absolute Gasteiger partial charge is 0.354 e. The summed E-state index contributed by atoms with van der Waals surface area (Å²) in [5, 5.41) is 9.34. The van der Waals surface area contributed by atoms with Gasteiger partial charge in [-0.1, -0.05) is 20.3 Å². The third kappa shape index (κ3) is 6.92. The molecule has 0 aliphatic heterocycles. The molecule has 0 radical (unpaired) electrons. The van der Waals surface area contributed by atoms with E-state index in [0.29, 0.717) is 24.8 Å². The third-order valence-corrected chi connectivity index (χ3v) is 5.40. The van der Waals surface area contributed by atoms with Crippen LogP contribution in [-0.4, -0.2) is 30.2 Å². The molecular formula is C16H26F3IN4S. The average molecular weight is 490 g/mol. The Balaban J connectivity index is 0.00000312. The lowest BCUT2D eigenvalue weighted by Crippen LogP contribution is -2.46. The Labute approximate surface area is 168 Å². The monoisotopic (exact) mass is 490 g/mol. The standard InChI is InChI=1S/C16H25F3N4S.HI/c1-10(2)14-22-13(9-24-14)8-21-15(20-3)23-12-6-4-5-11(7-12)16(17,18)19;/h9-12H,4-8H2,1-3H3,(H2,20,21,23);1H. The van der Waals surface area contributed by atoms with Crippen molar-refractivity contribution in [2.24, 2.45) is 10.9 Å². The van der Waals surface area contributed by atoms with Crippen LogP contribution in [0.5, 0.6) is 0 Å². The number of aromatic nitrogens is 1. The first-order valence-corrected chi connectivity index (χ1v) is 9.15. The van der Waals surface area contributed by atoms with Crippen LogP contribution in [0.4, 0.5) is 13.2 Å². The van der Waals surface area contributed by atoms with Gasteiger partial charge in [0.1, 0.15) is 0 Å². The highest BCUT2D eigenvalue weighted by Crippen LogP contribution is 2.37. The number of alkyl halides is 3. The van der Waals surface area contributed by atoms with E-state index < -0.39 is 12.1 Å². The zero-order chi connectivity index (χ0) is 17.7. The lowest BCUT2D eigenvalue weighted by atomic mass is 9.85. The molecular weight excluding hydrogens is 464 g/mol. The minimum Gasteiger partial charge on any atom is -0.354 e. The molecule has 0 bridgehead atoms. The van der Waals surface area contributed by atoms with Gasteiger partial charge in [-0.05, 0) is 19.3 Å². The molecule has 0 aromatic carbocycles. The first-order valence-electron chi connectivity index (χ1n) is 8.27. The lowest BCUT2D eigenvalue weighted by Gasteiger charge is -2.31. The summed E-state index contributed by atoms with van der Waals surface area (Å²) in [4.78, 5) is 8.65. The van der Waals surface area contributed by atoms with Crippen molar-refractivity contribution >= 4 is 41.3 Å². The number of nitrogens with one attached hydrogen (secondary N) is 2. The molecule has 25 heavy (non-hydrogen) atoms. The fourth-order valence-corrected chi connectivity index (χ4v) is 3.68. The zero-order valence-corrected chi connectivity index (χ0v) is 17.8. The van der Waals surface area contributed by atoms with Crippen molar-refractivity contribution in [1.82, 2.24) is 15.6 Å². The van der Waals surface area contributed by atoms with E-state index in [9.17, 15) is 13.2 Å². The molecule has 4 nitrogen and oxygen atoms in total. The van der Waals surface area contributed by atoms with Crippen molar-refractivity contribution in [3.8, 4) is 0 Å². The van der Waals surface area contributed by atoms with Gasteiger partial charge in [-0.25, -0.2) is 4.98 Å². The molecule has 1 aromatic rings. The van der Waals surface area contributed by atoms with Crippen LogP contribution in [0.15, 0.2) is 10.4 Å². The van der Waals surface area contributed by atoms with E-state index in [1.54, 1.807) is 18.4 Å². The van der Waals surface area contributed by atoms with Gasteiger partial charge >= 0.3 is 6.18 Å². The maximum absolute atomic E-state index is 12.9. The van der Waals surface area contributed by atoms with Crippen LogP contribution in [0.3, 0.4) is 0 Å². The highest BCUT2D eigenvalue weighted by Gasteiger charge is 2.42. The van der Waals surface area contributed by atoms with Gasteiger partial charge in [0.2, 0.25) is 0 Å². The predicted molar refractivity (Wildman–Crippen MR) is 107 cm³/mol. The molecule has 2 N–H and O–H groups in total. The number of guanidine groups is 1. The van der Waals surface area contributed by atoms with Crippen molar-refractivity contribution in [3.63, 3.8) is 0 Å². The SMILES string of the molecule is CN=C(NCc1csc(C(C)C)n1)NC1CCCC(C(F)(F)F)C1.I. The van der Waals surface area contributed by atoms with E-state index in [1.807, 2.05) is 5.38 Å². The Bertz CT molecular complexity index is 560. The van der Waals surface area contributed by atoms with Crippen LogP contribution in [0.1, 0.15) is 56.2 Å². The predicted octanol–water partition coefficient (Wildman–Crippen LogP) is 4.67. The van der Waals surface area contributed by atoms with E-state index in [2.05, 4.69) is 34.5 Å². The number of rotatable bonds is 4. The second-order valence-electron chi connectivity index (χ2n) is 6.50. The van der Waals surface area contributed by atoms with E-state index in [-0.39, 0.29) is 42.9 Å². The molecule has 2 rings (SSSR count). The molecule has 1 heterocycles. The molecule has 2 unspecified atom stereocenters. The second kappa shape index (κ2) is 9.94. The summed E-state index contributed by atoms with van der Waals surface area (Å²) in [5.74, 6) is -0.293. The first kappa shape index (κ1) is 22.5. The van der Waals surface area contributed by atoms with Gasteiger partial charge in [0.05, 0.1) is 23.2 Å². The number of hydrogen-bond acceptors (Lipinski definition) is 3. The van der Waals surface area contributed by atoms with E-state index in [0.717, 1.165) is 17.1 Å². The van der Waals surface area contributed by atoms with Gasteiger partial charge < -0.3 is 10.6 Å². The quantitative estimate of drug-likeness (QED) is 0.367. The summed E-state index contributed by atoms with van der Waals surface area (Å²) >= 11 is 1.62. The summed E-state index contributed by atoms with van der Waals surface area (Å²) in [7, 11) is 1.62. The maximum atomic E-state index is 12.9. The molecule has 1 aromatic heterocycles. The largest absolute Gasteiger partial charge is 0.391 e. The molecule has 144 valence electrons. The summed E-state index contributed by atoms with van der Waals surface area (Å²) in [5.41, 5.74) is 0.920. The summed E-state index contributed by atoms with van der Waals surface area (Å²) in [6.07, 6.45) is -2.45. The van der Waals surface area contributed by atoms with Crippen molar-refractivity contribution in [2.75, 3.05) is 7.05 Å². The maximum Gasteiger partial charge on any atom is 0.391 e. The number of halogens is 4. The molecule has 1 aliphatic carbocycles. The number of hydrogen-bond donors (Lipinski definition) is 2. The highest BCUT2D eigenvalue weighted by atomic mass is 127. The third-order valence-electron chi connectivity index (χ3n) is 4.20. The van der Waals surface area contributed by atoms with Crippen LogP contribution in [0.25, 0.3) is 0 Å². The van der Waals surface area contributed by atoms with Gasteiger partial charge in [0, 0.05) is 24.4 Å². The minimum absolute atomic E-state index is 0. The molecule has 1 aliphatic rings. The van der Waals surface area contributed by atoms with Gasteiger partial charge in [-0.3, -0.25) is 4.99 Å². The number of aliphatic imine (C=N–C) groups is 1. The summed E-state index contributed by atoms with van der Waals surface area (Å²) < 4.78 is 38.7. The van der Waals surface area contributed by atoms with E-state index >= 15 is 0 Å². The topological polar surface area (TPSA) is 49.3 Å².